The highest BCUT2D eigenvalue weighted by atomic mass is 15.4. The number of hydrazone groups is 1. The normalized spacial score (nSPS) is 16.1. The summed E-state index contributed by atoms with van der Waals surface area (Å²) >= 11 is 0. The minimum Gasteiger partial charge on any atom is -0.338 e. The summed E-state index contributed by atoms with van der Waals surface area (Å²) in [6.07, 6.45) is 4.95. The van der Waals surface area contributed by atoms with Crippen molar-refractivity contribution in [2.75, 3.05) is 48.9 Å². The van der Waals surface area contributed by atoms with Gasteiger partial charge < -0.3 is 15.1 Å². The van der Waals surface area contributed by atoms with Crippen LogP contribution in [-0.2, 0) is 6.42 Å². The number of rotatable bonds is 6. The van der Waals surface area contributed by atoms with Gasteiger partial charge >= 0.3 is 0 Å². The summed E-state index contributed by atoms with van der Waals surface area (Å²) < 4.78 is 0. The van der Waals surface area contributed by atoms with Gasteiger partial charge in [-0.3, -0.25) is 0 Å². The molecule has 0 amide bonds. The first kappa shape index (κ1) is 21.1. The number of aromatic nitrogens is 3. The molecule has 0 bridgehead atoms. The SMILES string of the molecule is Cc1ccc(Nc2nc(N/N=C/C3=CCc4ccccc43)nc(N3CCN(C)CC3)n2)cc1. The van der Waals surface area contributed by atoms with Gasteiger partial charge in [0.15, 0.2) is 0 Å². The van der Waals surface area contributed by atoms with Gasteiger partial charge in [-0.1, -0.05) is 48.0 Å². The standard InChI is InChI=1S/C25H28N8/c1-18-7-11-21(12-8-18)27-23-28-24(30-25(29-23)33-15-13-32(2)14-16-33)31-26-17-20-10-9-19-5-3-4-6-22(19)20/h3-8,10-12,17H,9,13-16H2,1-2H3,(H2,27,28,29,30,31)/b26-17+. The molecule has 0 atom stereocenters. The van der Waals surface area contributed by atoms with E-state index in [0.29, 0.717) is 17.8 Å². The molecule has 168 valence electrons. The maximum absolute atomic E-state index is 4.69. The molecule has 0 radical (unpaired) electrons. The van der Waals surface area contributed by atoms with E-state index < -0.39 is 0 Å². The van der Waals surface area contributed by atoms with Crippen molar-refractivity contribution in [3.05, 3.63) is 71.3 Å². The Kier molecular flexibility index (Phi) is 5.99. The van der Waals surface area contributed by atoms with Gasteiger partial charge in [0.1, 0.15) is 0 Å². The summed E-state index contributed by atoms with van der Waals surface area (Å²) in [5.41, 5.74) is 8.79. The lowest BCUT2D eigenvalue weighted by Crippen LogP contribution is -2.45. The molecule has 33 heavy (non-hydrogen) atoms. The molecule has 8 heteroatoms. The monoisotopic (exact) mass is 440 g/mol. The number of piperazine rings is 1. The Balaban J connectivity index is 1.37. The van der Waals surface area contributed by atoms with E-state index in [0.717, 1.165) is 43.9 Å². The molecule has 1 saturated heterocycles. The zero-order valence-electron chi connectivity index (χ0n) is 19.0. The van der Waals surface area contributed by atoms with E-state index in [1.54, 1.807) is 0 Å². The highest BCUT2D eigenvalue weighted by Crippen LogP contribution is 2.25. The van der Waals surface area contributed by atoms with Crippen molar-refractivity contribution < 1.29 is 0 Å². The maximum atomic E-state index is 4.69. The Morgan fingerprint density at radius 2 is 1.67 bits per heavy atom. The topological polar surface area (TPSA) is 81.6 Å². The molecular weight excluding hydrogens is 412 g/mol. The van der Waals surface area contributed by atoms with E-state index in [4.69, 9.17) is 0 Å². The molecule has 2 aromatic carbocycles. The minimum atomic E-state index is 0.414. The van der Waals surface area contributed by atoms with Crippen LogP contribution >= 0.6 is 0 Å². The second kappa shape index (κ2) is 9.38. The number of nitrogens with one attached hydrogen (secondary N) is 2. The molecule has 0 unspecified atom stereocenters. The van der Waals surface area contributed by atoms with E-state index in [1.807, 2.05) is 18.3 Å². The van der Waals surface area contributed by atoms with E-state index >= 15 is 0 Å². The van der Waals surface area contributed by atoms with Gasteiger partial charge in [-0.2, -0.15) is 20.1 Å². The number of aryl methyl sites for hydroxylation is 1. The largest absolute Gasteiger partial charge is 0.338 e. The van der Waals surface area contributed by atoms with Gasteiger partial charge in [-0.05, 0) is 49.2 Å². The van der Waals surface area contributed by atoms with Crippen molar-refractivity contribution >= 4 is 35.3 Å². The van der Waals surface area contributed by atoms with Gasteiger partial charge in [0.25, 0.3) is 0 Å². The molecule has 2 heterocycles. The summed E-state index contributed by atoms with van der Waals surface area (Å²) in [6.45, 7) is 5.76. The van der Waals surface area contributed by atoms with Crippen LogP contribution in [0.1, 0.15) is 16.7 Å². The summed E-state index contributed by atoms with van der Waals surface area (Å²) in [5.74, 6) is 1.55. The molecule has 0 spiro atoms. The van der Waals surface area contributed by atoms with Crippen molar-refractivity contribution in [3.8, 4) is 0 Å². The molecule has 2 aliphatic rings. The molecule has 1 aliphatic heterocycles. The fourth-order valence-electron chi connectivity index (χ4n) is 3.98. The first-order valence-corrected chi connectivity index (χ1v) is 11.2. The Hall–Kier alpha value is -3.78. The van der Waals surface area contributed by atoms with Crippen LogP contribution in [-0.4, -0.2) is 59.3 Å². The van der Waals surface area contributed by atoms with Crippen LogP contribution in [0.5, 0.6) is 0 Å². The van der Waals surface area contributed by atoms with Crippen LogP contribution < -0.4 is 15.6 Å². The maximum Gasteiger partial charge on any atom is 0.250 e. The van der Waals surface area contributed by atoms with Crippen molar-refractivity contribution in [3.63, 3.8) is 0 Å². The average Bonchev–Trinajstić information content (AvgIpc) is 3.24. The lowest BCUT2D eigenvalue weighted by molar-refractivity contribution is 0.311. The van der Waals surface area contributed by atoms with Crippen LogP contribution in [0.25, 0.3) is 5.57 Å². The summed E-state index contributed by atoms with van der Waals surface area (Å²) in [4.78, 5) is 18.4. The Morgan fingerprint density at radius 3 is 2.48 bits per heavy atom. The highest BCUT2D eigenvalue weighted by molar-refractivity contribution is 6.11. The van der Waals surface area contributed by atoms with Crippen LogP contribution in [0.4, 0.5) is 23.5 Å². The first-order chi connectivity index (χ1) is 16.1. The molecule has 2 N–H and O–H groups in total. The third kappa shape index (κ3) is 5.01. The van der Waals surface area contributed by atoms with Gasteiger partial charge in [-0.15, -0.1) is 0 Å². The predicted molar refractivity (Wildman–Crippen MR) is 134 cm³/mol. The Bertz CT molecular complexity index is 1180. The number of nitrogens with zero attached hydrogens (tertiary/aromatic N) is 6. The van der Waals surface area contributed by atoms with Crippen molar-refractivity contribution in [2.24, 2.45) is 5.10 Å². The zero-order valence-corrected chi connectivity index (χ0v) is 19.0. The third-order valence-electron chi connectivity index (χ3n) is 5.96. The van der Waals surface area contributed by atoms with Crippen LogP contribution in [0.3, 0.4) is 0 Å². The van der Waals surface area contributed by atoms with Crippen LogP contribution in [0.15, 0.2) is 59.7 Å². The molecular formula is C25H28N8. The molecule has 1 aromatic heterocycles. The second-order valence-electron chi connectivity index (χ2n) is 8.45. The van der Waals surface area contributed by atoms with Crippen molar-refractivity contribution in [1.82, 2.24) is 19.9 Å². The van der Waals surface area contributed by atoms with Crippen molar-refractivity contribution in [2.45, 2.75) is 13.3 Å². The van der Waals surface area contributed by atoms with E-state index in [9.17, 15) is 0 Å². The fourth-order valence-corrected chi connectivity index (χ4v) is 3.98. The summed E-state index contributed by atoms with van der Waals surface area (Å²) in [6, 6.07) is 16.5. The lowest BCUT2D eigenvalue weighted by Gasteiger charge is -2.32. The number of hydrogen-bond acceptors (Lipinski definition) is 8. The predicted octanol–water partition coefficient (Wildman–Crippen LogP) is 3.71. The zero-order chi connectivity index (χ0) is 22.6. The quantitative estimate of drug-likeness (QED) is 0.447. The van der Waals surface area contributed by atoms with E-state index in [-0.39, 0.29) is 0 Å². The molecule has 1 aliphatic carbocycles. The van der Waals surface area contributed by atoms with E-state index in [2.05, 4.69) is 97.0 Å². The molecule has 0 saturated carbocycles. The molecule has 1 fully saturated rings. The molecule has 5 rings (SSSR count). The Labute approximate surface area is 194 Å². The van der Waals surface area contributed by atoms with Crippen LogP contribution in [0, 0.1) is 6.92 Å². The summed E-state index contributed by atoms with van der Waals surface area (Å²) in [5, 5.41) is 7.73. The van der Waals surface area contributed by atoms with Gasteiger partial charge in [-0.25, -0.2) is 5.43 Å². The number of allylic oxidation sites excluding steroid dienone is 2. The van der Waals surface area contributed by atoms with Crippen molar-refractivity contribution in [1.29, 1.82) is 0 Å². The van der Waals surface area contributed by atoms with Gasteiger partial charge in [0.2, 0.25) is 17.8 Å². The van der Waals surface area contributed by atoms with Crippen LogP contribution in [0.2, 0.25) is 0 Å². The molecule has 8 nitrogen and oxygen atoms in total. The number of likely N-dealkylation sites (N-methyl/N-ethyl adjacent to an activating group) is 1. The van der Waals surface area contributed by atoms with Gasteiger partial charge in [0.05, 0.1) is 6.21 Å². The second-order valence-corrected chi connectivity index (χ2v) is 8.45. The number of hydrogen-bond donors (Lipinski definition) is 2. The number of fused-ring (bicyclic) bond motifs is 1. The average molecular weight is 441 g/mol. The number of benzene rings is 2. The molecule has 3 aromatic rings. The number of anilines is 4. The lowest BCUT2D eigenvalue weighted by atomic mass is 10.1. The Morgan fingerprint density at radius 1 is 0.909 bits per heavy atom. The third-order valence-corrected chi connectivity index (χ3v) is 5.96. The van der Waals surface area contributed by atoms with Gasteiger partial charge in [0, 0.05) is 31.9 Å². The summed E-state index contributed by atoms with van der Waals surface area (Å²) in [7, 11) is 2.13. The minimum absolute atomic E-state index is 0.414. The van der Waals surface area contributed by atoms with E-state index in [1.165, 1.54) is 16.7 Å². The smallest absolute Gasteiger partial charge is 0.250 e. The first-order valence-electron chi connectivity index (χ1n) is 11.2. The fraction of sp³-hybridized carbons (Fsp3) is 0.280. The highest BCUT2D eigenvalue weighted by Gasteiger charge is 2.19.